The van der Waals surface area contributed by atoms with Gasteiger partial charge < -0.3 is 4.74 Å². The van der Waals surface area contributed by atoms with E-state index < -0.39 is 22.5 Å². The summed E-state index contributed by atoms with van der Waals surface area (Å²) in [6.45, 7) is 1.20. The maximum absolute atomic E-state index is 11.7. The van der Waals surface area contributed by atoms with Crippen LogP contribution in [0.2, 0.25) is 0 Å². The summed E-state index contributed by atoms with van der Waals surface area (Å²) in [6, 6.07) is 8.59. The number of hydrogen-bond donors (Lipinski definition) is 0. The number of Topliss-reactive ketones (excluding diaryl/α,β-unsaturated/α-hetero) is 1. The van der Waals surface area contributed by atoms with E-state index in [1.807, 2.05) is 0 Å². The van der Waals surface area contributed by atoms with Crippen LogP contribution in [0, 0.1) is 0 Å². The zero-order valence-corrected chi connectivity index (χ0v) is 10.1. The Morgan fingerprint density at radius 1 is 1.28 bits per heavy atom. The Morgan fingerprint density at radius 3 is 2.44 bits per heavy atom. The van der Waals surface area contributed by atoms with Gasteiger partial charge in [-0.1, -0.05) is 18.2 Å². The van der Waals surface area contributed by atoms with Gasteiger partial charge in [-0.05, 0) is 30.7 Å². The molecule has 0 spiro atoms. The normalized spacial score (nSPS) is 22.3. The van der Waals surface area contributed by atoms with E-state index in [1.165, 1.54) is 6.92 Å². The first kappa shape index (κ1) is 12.4. The van der Waals surface area contributed by atoms with Crippen molar-refractivity contribution in [2.45, 2.75) is 12.5 Å². The minimum absolute atomic E-state index is 0.00867. The first-order valence-electron chi connectivity index (χ1n) is 5.07. The number of aliphatic imine (C=N–C) groups is 1. The number of hydrogen-bond acceptors (Lipinski definition) is 5. The van der Waals surface area contributed by atoms with Crippen LogP contribution in [0.3, 0.4) is 0 Å². The van der Waals surface area contributed by atoms with Crippen molar-refractivity contribution in [2.24, 2.45) is 4.99 Å². The van der Waals surface area contributed by atoms with Crippen molar-refractivity contribution in [1.29, 1.82) is 0 Å². The molecule has 0 aliphatic carbocycles. The van der Waals surface area contributed by atoms with E-state index in [0.29, 0.717) is 5.56 Å². The highest BCUT2D eigenvalue weighted by atomic mass is 35.5. The lowest BCUT2D eigenvalue weighted by molar-refractivity contribution is -0.146. The Morgan fingerprint density at radius 2 is 1.89 bits per heavy atom. The van der Waals surface area contributed by atoms with Gasteiger partial charge in [0.05, 0.1) is 0 Å². The van der Waals surface area contributed by atoms with Gasteiger partial charge in [-0.3, -0.25) is 9.59 Å². The molecule has 6 heteroatoms. The van der Waals surface area contributed by atoms with Crippen LogP contribution in [0.15, 0.2) is 35.3 Å². The molecule has 2 rings (SSSR count). The topological polar surface area (TPSA) is 72.8 Å². The highest BCUT2D eigenvalue weighted by Gasteiger charge is 2.50. The molecule has 0 radical (unpaired) electrons. The highest BCUT2D eigenvalue weighted by molar-refractivity contribution is 6.83. The van der Waals surface area contributed by atoms with Gasteiger partial charge in [0.1, 0.15) is 0 Å². The fraction of sp³-hybridized carbons (Fsp3) is 0.167. The van der Waals surface area contributed by atoms with Crippen LogP contribution in [-0.2, 0) is 19.1 Å². The van der Waals surface area contributed by atoms with E-state index in [0.717, 1.165) is 0 Å². The van der Waals surface area contributed by atoms with Crippen LogP contribution >= 0.6 is 11.6 Å². The summed E-state index contributed by atoms with van der Waals surface area (Å²) in [7, 11) is 0. The summed E-state index contributed by atoms with van der Waals surface area (Å²) in [4.78, 5) is 38.0. The number of halogens is 1. The number of carbonyl (C=O) groups is 3. The first-order chi connectivity index (χ1) is 8.45. The molecule has 1 aromatic rings. The molecule has 1 atom stereocenters. The number of ether oxygens (including phenoxy) is 1. The zero-order chi connectivity index (χ0) is 13.3. The summed E-state index contributed by atoms with van der Waals surface area (Å²) in [5.41, 5.74) is -1.34. The molecular formula is C12H8ClNO4. The molecule has 0 aromatic heterocycles. The first-order valence-corrected chi connectivity index (χ1v) is 5.45. The molecule has 1 aliphatic heterocycles. The van der Waals surface area contributed by atoms with Crippen LogP contribution < -0.4 is 0 Å². The second-order valence-electron chi connectivity index (χ2n) is 3.85. The van der Waals surface area contributed by atoms with E-state index in [-0.39, 0.29) is 5.90 Å². The number of benzene rings is 1. The predicted octanol–water partition coefficient (Wildman–Crippen LogP) is 1.08. The molecule has 5 nitrogen and oxygen atoms in total. The largest absolute Gasteiger partial charge is 0.405 e. The number of ketones is 1. The van der Waals surface area contributed by atoms with Gasteiger partial charge in [0.2, 0.25) is 11.4 Å². The Bertz CT molecular complexity index is 567. The van der Waals surface area contributed by atoms with Crippen molar-refractivity contribution in [3.05, 3.63) is 35.9 Å². The Kier molecular flexibility index (Phi) is 3.00. The van der Waals surface area contributed by atoms with Crippen molar-refractivity contribution in [2.75, 3.05) is 0 Å². The minimum Gasteiger partial charge on any atom is -0.405 e. The molecule has 0 fully saturated rings. The number of cyclic esters (lactones) is 1. The molecule has 1 aromatic carbocycles. The van der Waals surface area contributed by atoms with Crippen LogP contribution in [0.1, 0.15) is 12.5 Å². The minimum atomic E-state index is -1.88. The maximum Gasteiger partial charge on any atom is 0.348 e. The van der Waals surface area contributed by atoms with Gasteiger partial charge in [0.15, 0.2) is 0 Å². The monoisotopic (exact) mass is 265 g/mol. The molecule has 1 aliphatic rings. The fourth-order valence-corrected chi connectivity index (χ4v) is 1.68. The van der Waals surface area contributed by atoms with E-state index in [4.69, 9.17) is 16.3 Å². The number of esters is 1. The maximum atomic E-state index is 11.7. The van der Waals surface area contributed by atoms with Crippen molar-refractivity contribution in [3.8, 4) is 0 Å². The average Bonchev–Trinajstić information content (AvgIpc) is 2.67. The Hall–Kier alpha value is -2.01. The lowest BCUT2D eigenvalue weighted by Gasteiger charge is -2.10. The van der Waals surface area contributed by atoms with Crippen molar-refractivity contribution < 1.29 is 19.1 Å². The van der Waals surface area contributed by atoms with Crippen molar-refractivity contribution >= 4 is 34.5 Å². The van der Waals surface area contributed by atoms with E-state index in [1.54, 1.807) is 30.3 Å². The molecule has 0 N–H and O–H groups in total. The molecule has 18 heavy (non-hydrogen) atoms. The van der Waals surface area contributed by atoms with Crippen LogP contribution in [0.25, 0.3) is 0 Å². The standard InChI is InChI=1S/C12H8ClNO4/c1-12(8(15)9(13)16)11(17)18-10(14-12)7-5-3-2-4-6-7/h2-6H,1H3. The van der Waals surface area contributed by atoms with E-state index in [9.17, 15) is 14.4 Å². The summed E-state index contributed by atoms with van der Waals surface area (Å²) < 4.78 is 4.91. The lowest BCUT2D eigenvalue weighted by atomic mass is 9.99. The summed E-state index contributed by atoms with van der Waals surface area (Å²) in [5.74, 6) is -1.99. The summed E-state index contributed by atoms with van der Waals surface area (Å²) >= 11 is 5.09. The Balaban J connectivity index is 2.42. The molecule has 1 heterocycles. The summed E-state index contributed by atoms with van der Waals surface area (Å²) in [5, 5.41) is -1.24. The van der Waals surface area contributed by atoms with Crippen LogP contribution in [0.5, 0.6) is 0 Å². The number of rotatable bonds is 3. The average molecular weight is 266 g/mol. The molecule has 0 saturated carbocycles. The second kappa shape index (κ2) is 4.34. The zero-order valence-electron chi connectivity index (χ0n) is 9.34. The third-order valence-corrected chi connectivity index (χ3v) is 2.73. The molecule has 0 bridgehead atoms. The number of carbonyl (C=O) groups excluding carboxylic acids is 3. The van der Waals surface area contributed by atoms with Crippen molar-refractivity contribution in [1.82, 2.24) is 0 Å². The van der Waals surface area contributed by atoms with Gasteiger partial charge >= 0.3 is 5.97 Å². The second-order valence-corrected chi connectivity index (χ2v) is 4.19. The molecule has 0 amide bonds. The highest BCUT2D eigenvalue weighted by Crippen LogP contribution is 2.24. The van der Waals surface area contributed by atoms with Gasteiger partial charge in [-0.2, -0.15) is 0 Å². The molecule has 0 saturated heterocycles. The quantitative estimate of drug-likeness (QED) is 0.355. The Labute approximate surface area is 107 Å². The smallest absolute Gasteiger partial charge is 0.348 e. The SMILES string of the molecule is CC1(C(=O)C(=O)Cl)N=C(c2ccccc2)OC1=O. The van der Waals surface area contributed by atoms with E-state index >= 15 is 0 Å². The van der Waals surface area contributed by atoms with Crippen LogP contribution in [-0.4, -0.2) is 28.4 Å². The van der Waals surface area contributed by atoms with Gasteiger partial charge in [-0.15, -0.1) is 0 Å². The van der Waals surface area contributed by atoms with Crippen molar-refractivity contribution in [3.63, 3.8) is 0 Å². The van der Waals surface area contributed by atoms with Gasteiger partial charge in [0, 0.05) is 5.56 Å². The molecular weight excluding hydrogens is 258 g/mol. The van der Waals surface area contributed by atoms with Gasteiger partial charge in [0.25, 0.3) is 11.0 Å². The van der Waals surface area contributed by atoms with E-state index in [2.05, 4.69) is 4.99 Å². The molecule has 1 unspecified atom stereocenters. The number of nitrogens with zero attached hydrogens (tertiary/aromatic N) is 1. The summed E-state index contributed by atoms with van der Waals surface area (Å²) in [6.07, 6.45) is 0. The third-order valence-electron chi connectivity index (χ3n) is 2.55. The lowest BCUT2D eigenvalue weighted by Crippen LogP contribution is -2.42. The van der Waals surface area contributed by atoms with Gasteiger partial charge in [-0.25, -0.2) is 9.79 Å². The fourth-order valence-electron chi connectivity index (χ4n) is 1.50. The predicted molar refractivity (Wildman–Crippen MR) is 63.3 cm³/mol. The van der Waals surface area contributed by atoms with Crippen LogP contribution in [0.4, 0.5) is 0 Å². The third kappa shape index (κ3) is 1.93. The molecule has 92 valence electrons.